The van der Waals surface area contributed by atoms with Crippen molar-refractivity contribution in [2.45, 2.75) is 77.7 Å². The molecule has 2 aromatic carbocycles. The summed E-state index contributed by atoms with van der Waals surface area (Å²) in [6.07, 6.45) is 3.27. The van der Waals surface area contributed by atoms with Crippen molar-refractivity contribution >= 4 is 45.9 Å². The van der Waals surface area contributed by atoms with Crippen molar-refractivity contribution in [3.63, 3.8) is 0 Å². The molecule has 1 unspecified atom stereocenters. The lowest BCUT2D eigenvalue weighted by molar-refractivity contribution is -0.179. The van der Waals surface area contributed by atoms with Crippen LogP contribution in [0.3, 0.4) is 0 Å². The van der Waals surface area contributed by atoms with Gasteiger partial charge in [-0.1, -0.05) is 69.1 Å². The minimum absolute atomic E-state index is 0.203. The highest BCUT2D eigenvalue weighted by atomic mass is 79.9. The second-order valence-electron chi connectivity index (χ2n) is 8.88. The highest BCUT2D eigenvalue weighted by Crippen LogP contribution is 2.32. The highest BCUT2D eigenvalue weighted by Gasteiger charge is 2.21. The van der Waals surface area contributed by atoms with E-state index in [1.807, 2.05) is 39.8 Å². The Bertz CT molecular complexity index is 1080. The van der Waals surface area contributed by atoms with Crippen molar-refractivity contribution < 1.29 is 23.5 Å². The fraction of sp³-hybridized carbons (Fsp3) is 0.500. The third-order valence-electron chi connectivity index (χ3n) is 5.54. The van der Waals surface area contributed by atoms with E-state index >= 15 is 0 Å². The lowest BCUT2D eigenvalue weighted by Crippen LogP contribution is -2.35. The molecule has 9 heteroatoms. The van der Waals surface area contributed by atoms with E-state index in [1.165, 1.54) is 43.0 Å². The van der Waals surface area contributed by atoms with Crippen LogP contribution in [0.15, 0.2) is 50.8 Å². The molecule has 0 aliphatic carbocycles. The van der Waals surface area contributed by atoms with Crippen molar-refractivity contribution in [2.75, 3.05) is 20.2 Å². The Hall–Kier alpha value is -2.23. The molecule has 216 valence electrons. The quantitative estimate of drug-likeness (QED) is 0.118. The number of carbonyl (C=O) groups excluding carboxylic acids is 2. The van der Waals surface area contributed by atoms with Gasteiger partial charge in [0, 0.05) is 48.8 Å². The van der Waals surface area contributed by atoms with Gasteiger partial charge in [0.15, 0.2) is 0 Å². The summed E-state index contributed by atoms with van der Waals surface area (Å²) >= 11 is 5.00. The second-order valence-corrected chi connectivity index (χ2v) is 10.8. The van der Waals surface area contributed by atoms with E-state index in [2.05, 4.69) is 40.0 Å². The first-order valence-electron chi connectivity index (χ1n) is 13.4. The molecule has 0 fully saturated rings. The maximum Gasteiger partial charge on any atom is 0.304 e. The topological polar surface area (TPSA) is 68.2 Å². The molecule has 39 heavy (non-hydrogen) atoms. The SMILES string of the molecule is CC.CCCc1ccc(Br)cc1CSc1c(F)cccc1C1=NCCCN1C=O.COC(OC(C)=O)C(C)C. The Morgan fingerprint density at radius 3 is 2.51 bits per heavy atom. The normalized spacial score (nSPS) is 13.4. The molecule has 6 nitrogen and oxygen atoms in total. The van der Waals surface area contributed by atoms with E-state index in [1.54, 1.807) is 11.0 Å². The van der Waals surface area contributed by atoms with E-state index < -0.39 is 6.29 Å². The van der Waals surface area contributed by atoms with Gasteiger partial charge in [0.05, 0.1) is 4.90 Å². The largest absolute Gasteiger partial charge is 0.436 e. The third-order valence-corrected chi connectivity index (χ3v) is 7.20. The van der Waals surface area contributed by atoms with E-state index in [-0.39, 0.29) is 17.7 Å². The van der Waals surface area contributed by atoms with Crippen LogP contribution in [0.4, 0.5) is 4.39 Å². The van der Waals surface area contributed by atoms with Crippen molar-refractivity contribution in [3.8, 4) is 0 Å². The number of thioether (sulfide) groups is 1. The van der Waals surface area contributed by atoms with Crippen LogP contribution in [0.25, 0.3) is 0 Å². The number of methoxy groups -OCH3 is 1. The van der Waals surface area contributed by atoms with Crippen molar-refractivity contribution in [2.24, 2.45) is 10.9 Å². The summed E-state index contributed by atoms with van der Waals surface area (Å²) in [7, 11) is 1.52. The minimum Gasteiger partial charge on any atom is -0.436 e. The Morgan fingerprint density at radius 1 is 1.23 bits per heavy atom. The van der Waals surface area contributed by atoms with Crippen LogP contribution in [0.2, 0.25) is 0 Å². The number of aliphatic imine (C=N–C) groups is 1. The Kier molecular flexibility index (Phi) is 16.9. The van der Waals surface area contributed by atoms with Gasteiger partial charge in [0.2, 0.25) is 12.7 Å². The number of amides is 1. The number of hydrogen-bond donors (Lipinski definition) is 0. The van der Waals surface area contributed by atoms with Gasteiger partial charge in [0.1, 0.15) is 11.7 Å². The Labute approximate surface area is 245 Å². The fourth-order valence-electron chi connectivity index (χ4n) is 3.81. The lowest BCUT2D eigenvalue weighted by Gasteiger charge is -2.25. The van der Waals surface area contributed by atoms with Crippen LogP contribution in [0, 0.1) is 11.7 Å². The number of rotatable bonds is 10. The lowest BCUT2D eigenvalue weighted by atomic mass is 10.0. The van der Waals surface area contributed by atoms with Gasteiger partial charge in [-0.05, 0) is 48.2 Å². The Balaban J connectivity index is 0.000000537. The fourth-order valence-corrected chi connectivity index (χ4v) is 5.31. The standard InChI is InChI=1S/C21H22BrFN2OS.C7H14O3.C2H6/c1-2-5-15-8-9-17(22)12-16(15)13-27-20-18(6-3-7-19(20)23)21-24-10-4-11-25(21)14-26;1-5(2)7(9-4)10-6(3)8;1-2/h3,6-9,12,14H,2,4-5,10-11,13H2,1H3;5,7H,1-4H3;1-2H3. The van der Waals surface area contributed by atoms with Gasteiger partial charge in [-0.3, -0.25) is 19.5 Å². The molecular formula is C30H42BrFN2O4S. The molecule has 3 rings (SSSR count). The van der Waals surface area contributed by atoms with E-state index in [0.717, 1.165) is 30.1 Å². The van der Waals surface area contributed by atoms with Gasteiger partial charge in [0.25, 0.3) is 0 Å². The maximum atomic E-state index is 14.7. The van der Waals surface area contributed by atoms with Crippen molar-refractivity contribution in [1.29, 1.82) is 0 Å². The average molecular weight is 626 g/mol. The number of hydrogen-bond acceptors (Lipinski definition) is 6. The van der Waals surface area contributed by atoms with E-state index in [0.29, 0.717) is 35.1 Å². The molecule has 0 spiro atoms. The number of ether oxygens (including phenoxy) is 2. The number of aryl methyl sites for hydroxylation is 1. The zero-order valence-electron chi connectivity index (χ0n) is 24.1. The maximum absolute atomic E-state index is 14.7. The number of nitrogens with zero attached hydrogens (tertiary/aromatic N) is 2. The molecule has 0 aromatic heterocycles. The molecular weight excluding hydrogens is 583 g/mol. The number of amidine groups is 1. The van der Waals surface area contributed by atoms with Crippen LogP contribution in [0.1, 0.15) is 71.1 Å². The molecule has 1 atom stereocenters. The molecule has 0 bridgehead atoms. The van der Waals surface area contributed by atoms with Gasteiger partial charge >= 0.3 is 5.97 Å². The first-order chi connectivity index (χ1) is 18.7. The number of benzene rings is 2. The highest BCUT2D eigenvalue weighted by molar-refractivity contribution is 9.10. The molecule has 0 N–H and O–H groups in total. The summed E-state index contributed by atoms with van der Waals surface area (Å²) in [4.78, 5) is 28.4. The molecule has 2 aromatic rings. The van der Waals surface area contributed by atoms with E-state index in [9.17, 15) is 14.0 Å². The molecule has 0 radical (unpaired) electrons. The first-order valence-corrected chi connectivity index (χ1v) is 15.1. The number of esters is 1. The minimum atomic E-state index is -0.405. The van der Waals surface area contributed by atoms with Crippen LogP contribution in [-0.2, 0) is 31.2 Å². The first kappa shape index (κ1) is 34.8. The van der Waals surface area contributed by atoms with Gasteiger partial charge < -0.3 is 9.47 Å². The molecule has 1 amide bonds. The van der Waals surface area contributed by atoms with Gasteiger partial charge in [-0.2, -0.15) is 0 Å². The summed E-state index contributed by atoms with van der Waals surface area (Å²) in [6, 6.07) is 11.3. The van der Waals surface area contributed by atoms with Crippen LogP contribution < -0.4 is 0 Å². The third kappa shape index (κ3) is 11.4. The summed E-state index contributed by atoms with van der Waals surface area (Å²) < 4.78 is 25.4. The second kappa shape index (κ2) is 19.0. The van der Waals surface area contributed by atoms with Crippen molar-refractivity contribution in [3.05, 3.63) is 63.4 Å². The number of carbonyl (C=O) groups is 2. The summed E-state index contributed by atoms with van der Waals surface area (Å²) in [5, 5.41) is 0. The molecule has 0 saturated heterocycles. The predicted octanol–water partition coefficient (Wildman–Crippen LogP) is 7.65. The molecule has 1 aliphatic heterocycles. The zero-order valence-corrected chi connectivity index (χ0v) is 26.5. The van der Waals surface area contributed by atoms with Gasteiger partial charge in [-0.15, -0.1) is 11.8 Å². The monoisotopic (exact) mass is 624 g/mol. The summed E-state index contributed by atoms with van der Waals surface area (Å²) in [5.41, 5.74) is 3.18. The Morgan fingerprint density at radius 2 is 1.95 bits per heavy atom. The number of halogens is 2. The van der Waals surface area contributed by atoms with Crippen molar-refractivity contribution in [1.82, 2.24) is 4.90 Å². The molecule has 0 saturated carbocycles. The summed E-state index contributed by atoms with van der Waals surface area (Å²) in [5.74, 6) is 0.858. The van der Waals surface area contributed by atoms with Crippen LogP contribution >= 0.6 is 27.7 Å². The zero-order chi connectivity index (χ0) is 29.4. The summed E-state index contributed by atoms with van der Waals surface area (Å²) in [6.45, 7) is 12.7. The molecule has 1 aliphatic rings. The molecule has 1 heterocycles. The van der Waals surface area contributed by atoms with E-state index in [4.69, 9.17) is 9.47 Å². The van der Waals surface area contributed by atoms with Crippen LogP contribution in [-0.4, -0.2) is 49.6 Å². The average Bonchev–Trinajstić information content (AvgIpc) is 2.93. The van der Waals surface area contributed by atoms with Crippen LogP contribution in [0.5, 0.6) is 0 Å². The van der Waals surface area contributed by atoms with Gasteiger partial charge in [-0.25, -0.2) is 4.39 Å². The predicted molar refractivity (Wildman–Crippen MR) is 162 cm³/mol. The smallest absolute Gasteiger partial charge is 0.304 e.